The third-order valence-corrected chi connectivity index (χ3v) is 4.53. The molecule has 0 spiro atoms. The van der Waals surface area contributed by atoms with Crippen LogP contribution in [0, 0.1) is 13.8 Å². The zero-order valence-electron chi connectivity index (χ0n) is 15.4. The molecule has 1 amide bonds. The van der Waals surface area contributed by atoms with Gasteiger partial charge in [-0.05, 0) is 26.7 Å². The molecule has 1 aliphatic heterocycles. The SMILES string of the molecule is CCCc1cc(C(=O)N[C@@H]2CCOC[C@H]2OCc2c(C)noc2C)no1. The molecule has 2 aromatic heterocycles. The van der Waals surface area contributed by atoms with Gasteiger partial charge in [-0.25, -0.2) is 0 Å². The topological polar surface area (TPSA) is 99.6 Å². The fourth-order valence-electron chi connectivity index (χ4n) is 2.97. The number of nitrogens with zero attached hydrogens (tertiary/aromatic N) is 2. The summed E-state index contributed by atoms with van der Waals surface area (Å²) in [6, 6.07) is 1.54. The number of carbonyl (C=O) groups excluding carboxylic acids is 1. The summed E-state index contributed by atoms with van der Waals surface area (Å²) in [5.41, 5.74) is 2.04. The van der Waals surface area contributed by atoms with Crippen molar-refractivity contribution in [1.82, 2.24) is 15.6 Å². The van der Waals surface area contributed by atoms with Crippen LogP contribution in [0.1, 0.15) is 53.0 Å². The molecule has 0 aliphatic carbocycles. The van der Waals surface area contributed by atoms with Crippen LogP contribution < -0.4 is 5.32 Å². The average Bonchev–Trinajstić information content (AvgIpc) is 3.22. The molecule has 142 valence electrons. The Labute approximate surface area is 152 Å². The highest BCUT2D eigenvalue weighted by Gasteiger charge is 2.29. The van der Waals surface area contributed by atoms with Gasteiger partial charge in [0.15, 0.2) is 5.69 Å². The molecule has 3 heterocycles. The zero-order valence-corrected chi connectivity index (χ0v) is 15.4. The van der Waals surface area contributed by atoms with Crippen LogP contribution in [0.25, 0.3) is 0 Å². The standard InChI is InChI=1S/C18H25N3O5/c1-4-5-13-8-16(21-26-13)18(22)19-15-6-7-23-10-17(15)24-9-14-11(2)20-25-12(14)3/h8,15,17H,4-7,9-10H2,1-3H3,(H,19,22)/t15-,17-/m1/s1. The molecule has 0 unspecified atom stereocenters. The summed E-state index contributed by atoms with van der Waals surface area (Å²) in [6.45, 7) is 7.15. The van der Waals surface area contributed by atoms with Gasteiger partial charge in [0.05, 0.1) is 24.9 Å². The number of hydrogen-bond donors (Lipinski definition) is 1. The highest BCUT2D eigenvalue weighted by atomic mass is 16.5. The predicted molar refractivity (Wildman–Crippen MR) is 91.7 cm³/mol. The summed E-state index contributed by atoms with van der Waals surface area (Å²) in [7, 11) is 0. The fourth-order valence-corrected chi connectivity index (χ4v) is 2.97. The molecule has 26 heavy (non-hydrogen) atoms. The van der Waals surface area contributed by atoms with Crippen LogP contribution in [0.2, 0.25) is 0 Å². The molecule has 1 fully saturated rings. The molecular weight excluding hydrogens is 338 g/mol. The Morgan fingerprint density at radius 2 is 2.19 bits per heavy atom. The molecule has 0 saturated carbocycles. The van der Waals surface area contributed by atoms with Gasteiger partial charge in [-0.2, -0.15) is 0 Å². The molecule has 0 bridgehead atoms. The molecule has 3 rings (SSSR count). The Bertz CT molecular complexity index is 720. The lowest BCUT2D eigenvalue weighted by Crippen LogP contribution is -2.50. The predicted octanol–water partition coefficient (Wildman–Crippen LogP) is 2.34. The highest BCUT2D eigenvalue weighted by molar-refractivity contribution is 5.92. The quantitative estimate of drug-likeness (QED) is 0.806. The lowest BCUT2D eigenvalue weighted by molar-refractivity contribution is -0.0739. The molecule has 1 saturated heterocycles. The Kier molecular flexibility index (Phi) is 6.05. The Balaban J connectivity index is 1.60. The molecule has 1 aliphatic rings. The second kappa shape index (κ2) is 8.46. The van der Waals surface area contributed by atoms with Crippen LogP contribution in [0.15, 0.2) is 15.1 Å². The smallest absolute Gasteiger partial charge is 0.273 e. The lowest BCUT2D eigenvalue weighted by atomic mass is 10.1. The summed E-state index contributed by atoms with van der Waals surface area (Å²) in [4.78, 5) is 12.5. The third kappa shape index (κ3) is 4.31. The molecule has 2 atom stereocenters. The number of ether oxygens (including phenoxy) is 2. The number of rotatable bonds is 7. The van der Waals surface area contributed by atoms with E-state index in [2.05, 4.69) is 15.6 Å². The number of aromatic nitrogens is 2. The van der Waals surface area contributed by atoms with Gasteiger partial charge in [0.1, 0.15) is 17.6 Å². The number of nitrogens with one attached hydrogen (secondary N) is 1. The summed E-state index contributed by atoms with van der Waals surface area (Å²) in [5.74, 6) is 1.20. The van der Waals surface area contributed by atoms with E-state index in [1.54, 1.807) is 6.07 Å². The largest absolute Gasteiger partial charge is 0.379 e. The monoisotopic (exact) mass is 363 g/mol. The summed E-state index contributed by atoms with van der Waals surface area (Å²) in [5, 5.41) is 10.8. The van der Waals surface area contributed by atoms with Crippen molar-refractivity contribution in [2.75, 3.05) is 13.2 Å². The van der Waals surface area contributed by atoms with Crippen LogP contribution in [-0.4, -0.2) is 41.6 Å². The van der Waals surface area contributed by atoms with Crippen LogP contribution >= 0.6 is 0 Å². The maximum atomic E-state index is 12.5. The Morgan fingerprint density at radius 3 is 2.92 bits per heavy atom. The van der Waals surface area contributed by atoms with E-state index in [-0.39, 0.29) is 18.1 Å². The van der Waals surface area contributed by atoms with Gasteiger partial charge in [0.2, 0.25) is 0 Å². The number of carbonyl (C=O) groups is 1. The molecule has 0 radical (unpaired) electrons. The van der Waals surface area contributed by atoms with E-state index in [4.69, 9.17) is 18.5 Å². The van der Waals surface area contributed by atoms with Gasteiger partial charge < -0.3 is 23.8 Å². The summed E-state index contributed by atoms with van der Waals surface area (Å²) >= 11 is 0. The van der Waals surface area contributed by atoms with Crippen molar-refractivity contribution in [3.05, 3.63) is 34.5 Å². The van der Waals surface area contributed by atoms with Crippen molar-refractivity contribution >= 4 is 5.91 Å². The average molecular weight is 363 g/mol. The van der Waals surface area contributed by atoms with E-state index >= 15 is 0 Å². The maximum Gasteiger partial charge on any atom is 0.273 e. The second-order valence-electron chi connectivity index (χ2n) is 6.52. The van der Waals surface area contributed by atoms with Gasteiger partial charge in [-0.15, -0.1) is 0 Å². The van der Waals surface area contributed by atoms with Crippen molar-refractivity contribution in [3.63, 3.8) is 0 Å². The first-order valence-electron chi connectivity index (χ1n) is 8.96. The van der Waals surface area contributed by atoms with Gasteiger partial charge in [-0.1, -0.05) is 17.2 Å². The van der Waals surface area contributed by atoms with Crippen LogP contribution in [0.4, 0.5) is 0 Å². The van der Waals surface area contributed by atoms with Crippen molar-refractivity contribution in [2.45, 2.75) is 58.8 Å². The first-order valence-corrected chi connectivity index (χ1v) is 8.96. The van der Waals surface area contributed by atoms with Gasteiger partial charge in [-0.3, -0.25) is 4.79 Å². The van der Waals surface area contributed by atoms with E-state index in [1.807, 2.05) is 20.8 Å². The number of hydrogen-bond acceptors (Lipinski definition) is 7. The minimum absolute atomic E-state index is 0.150. The molecule has 2 aromatic rings. The zero-order chi connectivity index (χ0) is 18.5. The Morgan fingerprint density at radius 1 is 1.35 bits per heavy atom. The molecule has 0 aromatic carbocycles. The van der Waals surface area contributed by atoms with Crippen molar-refractivity contribution < 1.29 is 23.3 Å². The summed E-state index contributed by atoms with van der Waals surface area (Å²) in [6.07, 6.45) is 2.13. The van der Waals surface area contributed by atoms with E-state index in [1.165, 1.54) is 0 Å². The van der Waals surface area contributed by atoms with E-state index in [0.29, 0.717) is 31.9 Å². The molecule has 8 heteroatoms. The lowest BCUT2D eigenvalue weighted by Gasteiger charge is -2.31. The van der Waals surface area contributed by atoms with E-state index in [9.17, 15) is 4.79 Å². The molecule has 8 nitrogen and oxygen atoms in total. The fraction of sp³-hybridized carbons (Fsp3) is 0.611. The molecule has 1 N–H and O–H groups in total. The minimum Gasteiger partial charge on any atom is -0.379 e. The summed E-state index contributed by atoms with van der Waals surface area (Å²) < 4.78 is 21.9. The Hall–Kier alpha value is -2.19. The van der Waals surface area contributed by atoms with Gasteiger partial charge >= 0.3 is 0 Å². The minimum atomic E-state index is -0.256. The third-order valence-electron chi connectivity index (χ3n) is 4.53. The van der Waals surface area contributed by atoms with Gasteiger partial charge in [0, 0.05) is 24.7 Å². The van der Waals surface area contributed by atoms with E-state index < -0.39 is 0 Å². The van der Waals surface area contributed by atoms with Crippen LogP contribution in [0.5, 0.6) is 0 Å². The second-order valence-corrected chi connectivity index (χ2v) is 6.52. The van der Waals surface area contributed by atoms with Crippen molar-refractivity contribution in [1.29, 1.82) is 0 Å². The first-order chi connectivity index (χ1) is 12.6. The number of aryl methyl sites for hydroxylation is 3. The highest BCUT2D eigenvalue weighted by Crippen LogP contribution is 2.18. The molecular formula is C18H25N3O5. The van der Waals surface area contributed by atoms with Crippen LogP contribution in [-0.2, 0) is 22.5 Å². The normalized spacial score (nSPS) is 20.3. The maximum absolute atomic E-state index is 12.5. The van der Waals surface area contributed by atoms with E-state index in [0.717, 1.165) is 35.6 Å². The van der Waals surface area contributed by atoms with Gasteiger partial charge in [0.25, 0.3) is 5.91 Å². The van der Waals surface area contributed by atoms with Crippen molar-refractivity contribution in [2.24, 2.45) is 0 Å². The van der Waals surface area contributed by atoms with Crippen LogP contribution in [0.3, 0.4) is 0 Å². The first kappa shape index (κ1) is 18.6. The van der Waals surface area contributed by atoms with Crippen molar-refractivity contribution in [3.8, 4) is 0 Å². The number of amides is 1.